The number of aromatic nitrogens is 1. The molecule has 0 aliphatic carbocycles. The van der Waals surface area contributed by atoms with Gasteiger partial charge in [0, 0.05) is 37.2 Å². The van der Waals surface area contributed by atoms with Gasteiger partial charge >= 0.3 is 0 Å². The van der Waals surface area contributed by atoms with E-state index in [2.05, 4.69) is 20.9 Å². The second kappa shape index (κ2) is 9.90. The number of primary amides is 1. The Morgan fingerprint density at radius 1 is 1.29 bits per heavy atom. The first-order chi connectivity index (χ1) is 14.8. The molecule has 3 amide bonds. The van der Waals surface area contributed by atoms with Gasteiger partial charge in [0.1, 0.15) is 12.1 Å². The van der Waals surface area contributed by atoms with Gasteiger partial charge in [-0.05, 0) is 25.0 Å². The Kier molecular flexibility index (Phi) is 7.26. The summed E-state index contributed by atoms with van der Waals surface area (Å²) in [7, 11) is 1.58. The van der Waals surface area contributed by atoms with Gasteiger partial charge in [0.15, 0.2) is 0 Å². The number of amides is 3. The van der Waals surface area contributed by atoms with Crippen molar-refractivity contribution in [3.05, 3.63) is 36.0 Å². The lowest BCUT2D eigenvalue weighted by atomic mass is 10.0. The summed E-state index contributed by atoms with van der Waals surface area (Å²) in [5.74, 6) is -1.81. The number of nitrogens with two attached hydrogens (primary N) is 1. The van der Waals surface area contributed by atoms with Crippen LogP contribution in [0.3, 0.4) is 0 Å². The summed E-state index contributed by atoms with van der Waals surface area (Å²) in [5.41, 5.74) is 7.03. The highest BCUT2D eigenvalue weighted by atomic mass is 16.5. The van der Waals surface area contributed by atoms with E-state index in [0.29, 0.717) is 13.0 Å². The molecule has 3 rings (SSSR count). The molecule has 1 unspecified atom stereocenters. The van der Waals surface area contributed by atoms with Gasteiger partial charge in [-0.1, -0.05) is 18.2 Å². The fourth-order valence-electron chi connectivity index (χ4n) is 3.77. The molecular weight excluding hydrogens is 402 g/mol. The van der Waals surface area contributed by atoms with Crippen LogP contribution in [-0.2, 0) is 25.5 Å². The number of hydrogen-bond donors (Lipinski definition) is 6. The second-order valence-corrected chi connectivity index (χ2v) is 7.81. The molecule has 10 heteroatoms. The fraction of sp³-hybridized carbons (Fsp3) is 0.476. The molecule has 0 saturated carbocycles. The molecule has 168 valence electrons. The van der Waals surface area contributed by atoms with Gasteiger partial charge in [0.2, 0.25) is 17.7 Å². The zero-order chi connectivity index (χ0) is 22.5. The maximum absolute atomic E-state index is 13.0. The molecule has 31 heavy (non-hydrogen) atoms. The Labute approximate surface area is 179 Å². The van der Waals surface area contributed by atoms with E-state index in [1.54, 1.807) is 13.3 Å². The molecule has 0 radical (unpaired) electrons. The average Bonchev–Trinajstić information content (AvgIpc) is 3.38. The first-order valence-electron chi connectivity index (χ1n) is 10.2. The predicted molar refractivity (Wildman–Crippen MR) is 114 cm³/mol. The number of methoxy groups -OCH3 is 1. The monoisotopic (exact) mass is 431 g/mol. The summed E-state index contributed by atoms with van der Waals surface area (Å²) in [6, 6.07) is 4.88. The molecule has 0 spiro atoms. The summed E-state index contributed by atoms with van der Waals surface area (Å²) in [5, 5.41) is 19.0. The molecule has 7 N–H and O–H groups in total. The summed E-state index contributed by atoms with van der Waals surface area (Å²) in [6.45, 7) is 1.90. The molecule has 1 aromatic heterocycles. The number of aromatic amines is 1. The van der Waals surface area contributed by atoms with Crippen LogP contribution < -0.4 is 21.7 Å². The zero-order valence-electron chi connectivity index (χ0n) is 17.6. The largest absolute Gasteiger partial charge is 0.391 e. The molecule has 0 bridgehead atoms. The van der Waals surface area contributed by atoms with Crippen LogP contribution in [0.2, 0.25) is 0 Å². The topological polar surface area (TPSA) is 159 Å². The Morgan fingerprint density at radius 2 is 2.03 bits per heavy atom. The minimum atomic E-state index is -1.27. The molecule has 1 aliphatic heterocycles. The third kappa shape index (κ3) is 5.40. The van der Waals surface area contributed by atoms with Crippen LogP contribution in [0.5, 0.6) is 0 Å². The molecular formula is C21H29N5O5. The standard InChI is InChI=1S/C21H29N5O5/c1-11(27)18(19(22)28)26-21(30)17(25-20(29)16-8-13(31-2)10-24-16)7-12-9-23-15-6-4-3-5-14(12)15/h3-6,9,11,13,16-18,23-24,27H,7-8,10H2,1-2H3,(H2,22,28)(H,25,29)(H,26,30)/t11-,13-,16+,17+,18?/m1/s1. The lowest BCUT2D eigenvalue weighted by molar-refractivity contribution is -0.133. The lowest BCUT2D eigenvalue weighted by Gasteiger charge is -2.24. The van der Waals surface area contributed by atoms with Crippen LogP contribution in [0.1, 0.15) is 18.9 Å². The minimum absolute atomic E-state index is 0.0777. The number of para-hydroxylation sites is 1. The van der Waals surface area contributed by atoms with Crippen LogP contribution in [0, 0.1) is 0 Å². The maximum atomic E-state index is 13.0. The normalized spacial score (nSPS) is 21.4. The van der Waals surface area contributed by atoms with E-state index in [1.807, 2.05) is 24.3 Å². The van der Waals surface area contributed by atoms with Gasteiger partial charge in [-0.15, -0.1) is 0 Å². The average molecular weight is 431 g/mol. The summed E-state index contributed by atoms with van der Waals surface area (Å²) in [6.07, 6.45) is 1.21. The molecule has 5 atom stereocenters. The number of aliphatic hydroxyl groups excluding tert-OH is 1. The van der Waals surface area contributed by atoms with Crippen molar-refractivity contribution in [1.82, 2.24) is 20.9 Å². The number of nitrogens with one attached hydrogen (secondary N) is 4. The minimum Gasteiger partial charge on any atom is -0.391 e. The molecule has 1 saturated heterocycles. The van der Waals surface area contributed by atoms with Gasteiger partial charge in [-0.3, -0.25) is 14.4 Å². The quantitative estimate of drug-likeness (QED) is 0.296. The number of aliphatic hydroxyl groups is 1. The number of carbonyl (C=O) groups excluding carboxylic acids is 3. The molecule has 2 aromatic rings. The molecule has 2 heterocycles. The SMILES string of the molecule is CO[C@H]1CN[C@H](C(=O)N[C@@H](Cc2c[nH]c3ccccc23)C(=O)NC(C(N)=O)[C@@H](C)O)C1. The number of hydrogen-bond acceptors (Lipinski definition) is 6. The lowest BCUT2D eigenvalue weighted by Crippen LogP contribution is -2.58. The smallest absolute Gasteiger partial charge is 0.243 e. The van der Waals surface area contributed by atoms with Crippen molar-refractivity contribution in [3.8, 4) is 0 Å². The van der Waals surface area contributed by atoms with Gasteiger partial charge in [-0.2, -0.15) is 0 Å². The zero-order valence-corrected chi connectivity index (χ0v) is 17.6. The number of fused-ring (bicyclic) bond motifs is 1. The van der Waals surface area contributed by atoms with Crippen molar-refractivity contribution in [2.45, 2.75) is 50.1 Å². The first kappa shape index (κ1) is 22.7. The van der Waals surface area contributed by atoms with E-state index < -0.39 is 36.0 Å². The van der Waals surface area contributed by atoms with Crippen molar-refractivity contribution >= 4 is 28.6 Å². The number of rotatable bonds is 9. The maximum Gasteiger partial charge on any atom is 0.243 e. The molecule has 1 aromatic carbocycles. The van der Waals surface area contributed by atoms with Crippen molar-refractivity contribution in [1.29, 1.82) is 0 Å². The Hall–Kier alpha value is -2.95. The third-order valence-corrected chi connectivity index (χ3v) is 5.56. The van der Waals surface area contributed by atoms with Gasteiger partial charge in [0.05, 0.1) is 18.2 Å². The van der Waals surface area contributed by atoms with Crippen LogP contribution in [-0.4, -0.2) is 71.8 Å². The van der Waals surface area contributed by atoms with Crippen LogP contribution in [0.15, 0.2) is 30.5 Å². The van der Waals surface area contributed by atoms with E-state index in [1.165, 1.54) is 6.92 Å². The molecule has 1 aliphatic rings. The van der Waals surface area contributed by atoms with Crippen molar-refractivity contribution in [2.24, 2.45) is 5.73 Å². The van der Waals surface area contributed by atoms with Gasteiger partial charge < -0.3 is 36.5 Å². The summed E-state index contributed by atoms with van der Waals surface area (Å²) < 4.78 is 5.28. The van der Waals surface area contributed by atoms with Crippen LogP contribution in [0.25, 0.3) is 10.9 Å². The molecule has 1 fully saturated rings. The van der Waals surface area contributed by atoms with E-state index in [4.69, 9.17) is 10.5 Å². The van der Waals surface area contributed by atoms with Gasteiger partial charge in [-0.25, -0.2) is 0 Å². The number of H-pyrrole nitrogens is 1. The van der Waals surface area contributed by atoms with E-state index in [0.717, 1.165) is 16.5 Å². The number of ether oxygens (including phenoxy) is 1. The van der Waals surface area contributed by atoms with Crippen molar-refractivity contribution < 1.29 is 24.2 Å². The first-order valence-corrected chi connectivity index (χ1v) is 10.2. The van der Waals surface area contributed by atoms with Crippen LogP contribution >= 0.6 is 0 Å². The van der Waals surface area contributed by atoms with Crippen molar-refractivity contribution in [3.63, 3.8) is 0 Å². The number of benzene rings is 1. The Balaban J connectivity index is 1.80. The van der Waals surface area contributed by atoms with E-state index in [9.17, 15) is 19.5 Å². The van der Waals surface area contributed by atoms with E-state index in [-0.39, 0.29) is 18.4 Å². The fourth-order valence-corrected chi connectivity index (χ4v) is 3.77. The summed E-state index contributed by atoms with van der Waals surface area (Å²) >= 11 is 0. The molecule has 10 nitrogen and oxygen atoms in total. The van der Waals surface area contributed by atoms with Gasteiger partial charge in [0.25, 0.3) is 0 Å². The summed E-state index contributed by atoms with van der Waals surface area (Å²) in [4.78, 5) is 40.6. The van der Waals surface area contributed by atoms with E-state index >= 15 is 0 Å². The second-order valence-electron chi connectivity index (χ2n) is 7.81. The third-order valence-electron chi connectivity index (χ3n) is 5.56. The van der Waals surface area contributed by atoms with Crippen LogP contribution in [0.4, 0.5) is 0 Å². The van der Waals surface area contributed by atoms with Crippen molar-refractivity contribution in [2.75, 3.05) is 13.7 Å². The predicted octanol–water partition coefficient (Wildman–Crippen LogP) is -1.08. The Bertz CT molecular complexity index is 943. The highest BCUT2D eigenvalue weighted by Crippen LogP contribution is 2.19. The number of carbonyl (C=O) groups is 3. The highest BCUT2D eigenvalue weighted by molar-refractivity contribution is 5.94. The highest BCUT2D eigenvalue weighted by Gasteiger charge is 2.33. The Morgan fingerprint density at radius 3 is 2.68 bits per heavy atom.